The topological polar surface area (TPSA) is 55.1 Å². The van der Waals surface area contributed by atoms with Gasteiger partial charge >= 0.3 is 0 Å². The summed E-state index contributed by atoms with van der Waals surface area (Å²) < 4.78 is 15.8. The fourth-order valence-electron chi connectivity index (χ4n) is 2.06. The maximum Gasteiger partial charge on any atom is 0.118 e. The molecule has 0 spiro atoms. The average molecular weight is 295 g/mol. The first-order chi connectivity index (χ1) is 10.2. The van der Waals surface area contributed by atoms with Gasteiger partial charge in [0.15, 0.2) is 0 Å². The number of terminal acetylenes is 1. The zero-order chi connectivity index (χ0) is 15.5. The van der Waals surface area contributed by atoms with E-state index in [9.17, 15) is 5.11 Å². The van der Waals surface area contributed by atoms with Crippen molar-refractivity contribution >= 4 is 0 Å². The molecule has 5 heteroatoms. The van der Waals surface area contributed by atoms with Crippen molar-refractivity contribution in [3.8, 4) is 12.3 Å². The molecule has 1 aromatic heterocycles. The molecular formula is C16H25NO4. The Balaban J connectivity index is 2.45. The summed E-state index contributed by atoms with van der Waals surface area (Å²) in [6.45, 7) is 5.05. The standard InChI is InChI=1S/C16H25NO4/c1-4-9-20-13-15(18)11-17(8-5-10-19-3)12-16-7-6-14(2)21-16/h1,6-7,15,18H,5,8-13H2,2-3H3. The number of aryl methyl sites for hydroxylation is 1. The normalized spacial score (nSPS) is 12.5. The summed E-state index contributed by atoms with van der Waals surface area (Å²) in [6.07, 6.45) is 5.43. The van der Waals surface area contributed by atoms with E-state index >= 15 is 0 Å². The van der Waals surface area contributed by atoms with Crippen LogP contribution in [0.25, 0.3) is 0 Å². The third-order valence-electron chi connectivity index (χ3n) is 2.96. The molecule has 0 saturated heterocycles. The van der Waals surface area contributed by atoms with E-state index in [2.05, 4.69) is 10.8 Å². The lowest BCUT2D eigenvalue weighted by Crippen LogP contribution is -2.35. The fraction of sp³-hybridized carbons (Fsp3) is 0.625. The van der Waals surface area contributed by atoms with Gasteiger partial charge in [-0.2, -0.15) is 0 Å². The Labute approximate surface area is 126 Å². The van der Waals surface area contributed by atoms with E-state index in [0.29, 0.717) is 19.7 Å². The quantitative estimate of drug-likeness (QED) is 0.494. The van der Waals surface area contributed by atoms with Crippen LogP contribution in [0.1, 0.15) is 17.9 Å². The Hall–Kier alpha value is -1.32. The van der Waals surface area contributed by atoms with Crippen LogP contribution in [-0.4, -0.2) is 56.1 Å². The highest BCUT2D eigenvalue weighted by Gasteiger charge is 2.14. The monoisotopic (exact) mass is 295 g/mol. The molecule has 1 aromatic rings. The molecule has 1 atom stereocenters. The summed E-state index contributed by atoms with van der Waals surface area (Å²) in [5.74, 6) is 4.16. The molecule has 1 N–H and O–H groups in total. The zero-order valence-corrected chi connectivity index (χ0v) is 12.9. The zero-order valence-electron chi connectivity index (χ0n) is 12.9. The van der Waals surface area contributed by atoms with Crippen LogP contribution in [0.15, 0.2) is 16.5 Å². The molecule has 21 heavy (non-hydrogen) atoms. The van der Waals surface area contributed by atoms with Crippen molar-refractivity contribution in [3.63, 3.8) is 0 Å². The molecular weight excluding hydrogens is 270 g/mol. The van der Waals surface area contributed by atoms with Crippen LogP contribution in [0.4, 0.5) is 0 Å². The Kier molecular flexibility index (Phi) is 8.79. The summed E-state index contributed by atoms with van der Waals surface area (Å²) >= 11 is 0. The Morgan fingerprint density at radius 2 is 2.29 bits per heavy atom. The fourth-order valence-corrected chi connectivity index (χ4v) is 2.06. The van der Waals surface area contributed by atoms with Crippen LogP contribution in [0.2, 0.25) is 0 Å². The van der Waals surface area contributed by atoms with Gasteiger partial charge in [-0.25, -0.2) is 0 Å². The first kappa shape index (κ1) is 17.7. The largest absolute Gasteiger partial charge is 0.465 e. The van der Waals surface area contributed by atoms with Crippen LogP contribution in [0.3, 0.4) is 0 Å². The summed E-state index contributed by atoms with van der Waals surface area (Å²) in [4.78, 5) is 2.13. The van der Waals surface area contributed by atoms with E-state index < -0.39 is 6.10 Å². The second-order valence-electron chi connectivity index (χ2n) is 4.97. The molecule has 1 heterocycles. The number of hydrogen-bond acceptors (Lipinski definition) is 5. The third kappa shape index (κ3) is 7.88. The number of nitrogens with zero attached hydrogens (tertiary/aromatic N) is 1. The van der Waals surface area contributed by atoms with Crippen molar-refractivity contribution in [1.82, 2.24) is 4.90 Å². The van der Waals surface area contributed by atoms with E-state index in [1.807, 2.05) is 19.1 Å². The number of hydrogen-bond donors (Lipinski definition) is 1. The van der Waals surface area contributed by atoms with Crippen molar-refractivity contribution in [1.29, 1.82) is 0 Å². The number of rotatable bonds is 11. The highest BCUT2D eigenvalue weighted by Crippen LogP contribution is 2.10. The third-order valence-corrected chi connectivity index (χ3v) is 2.96. The molecule has 0 aromatic carbocycles. The van der Waals surface area contributed by atoms with Gasteiger partial charge in [0, 0.05) is 26.8 Å². The molecule has 0 bridgehead atoms. The van der Waals surface area contributed by atoms with E-state index in [4.69, 9.17) is 20.3 Å². The SMILES string of the molecule is C#CCOCC(O)CN(CCCOC)Cc1ccc(C)o1. The van der Waals surface area contributed by atoms with E-state index in [-0.39, 0.29) is 13.2 Å². The molecule has 0 fully saturated rings. The van der Waals surface area contributed by atoms with E-state index in [0.717, 1.165) is 24.5 Å². The maximum absolute atomic E-state index is 9.99. The first-order valence-corrected chi connectivity index (χ1v) is 7.11. The van der Waals surface area contributed by atoms with Gasteiger partial charge in [-0.05, 0) is 25.5 Å². The summed E-state index contributed by atoms with van der Waals surface area (Å²) in [7, 11) is 1.68. The molecule has 5 nitrogen and oxygen atoms in total. The molecule has 0 saturated carbocycles. The van der Waals surface area contributed by atoms with E-state index in [1.165, 1.54) is 0 Å². The minimum Gasteiger partial charge on any atom is -0.465 e. The van der Waals surface area contributed by atoms with Gasteiger partial charge in [0.1, 0.15) is 18.1 Å². The summed E-state index contributed by atoms with van der Waals surface area (Å²) in [5, 5.41) is 9.99. The smallest absolute Gasteiger partial charge is 0.118 e. The molecule has 0 aliphatic carbocycles. The maximum atomic E-state index is 9.99. The van der Waals surface area contributed by atoms with Gasteiger partial charge in [-0.15, -0.1) is 6.42 Å². The van der Waals surface area contributed by atoms with Gasteiger partial charge < -0.3 is 19.0 Å². The Morgan fingerprint density at radius 1 is 1.48 bits per heavy atom. The predicted molar refractivity (Wildman–Crippen MR) is 80.9 cm³/mol. The lowest BCUT2D eigenvalue weighted by Gasteiger charge is -2.24. The van der Waals surface area contributed by atoms with Gasteiger partial charge in [-0.3, -0.25) is 4.90 Å². The van der Waals surface area contributed by atoms with Crippen molar-refractivity contribution < 1.29 is 19.0 Å². The molecule has 0 radical (unpaired) electrons. The van der Waals surface area contributed by atoms with Gasteiger partial charge in [0.2, 0.25) is 0 Å². The first-order valence-electron chi connectivity index (χ1n) is 7.11. The number of furan rings is 1. The van der Waals surface area contributed by atoms with E-state index in [1.54, 1.807) is 7.11 Å². The summed E-state index contributed by atoms with van der Waals surface area (Å²) in [6, 6.07) is 3.90. The highest BCUT2D eigenvalue weighted by atomic mass is 16.5. The molecule has 0 aliphatic heterocycles. The highest BCUT2D eigenvalue weighted by molar-refractivity contribution is 5.05. The van der Waals surface area contributed by atoms with Crippen LogP contribution in [0.5, 0.6) is 0 Å². The average Bonchev–Trinajstić information content (AvgIpc) is 2.84. The van der Waals surface area contributed by atoms with Crippen LogP contribution in [-0.2, 0) is 16.0 Å². The second-order valence-corrected chi connectivity index (χ2v) is 4.97. The molecule has 0 aliphatic rings. The van der Waals surface area contributed by atoms with Crippen molar-refractivity contribution in [3.05, 3.63) is 23.7 Å². The van der Waals surface area contributed by atoms with Gasteiger partial charge in [0.05, 0.1) is 19.3 Å². The lowest BCUT2D eigenvalue weighted by atomic mass is 10.3. The number of methoxy groups -OCH3 is 1. The summed E-state index contributed by atoms with van der Waals surface area (Å²) in [5.41, 5.74) is 0. The second kappa shape index (κ2) is 10.4. The molecule has 1 unspecified atom stereocenters. The van der Waals surface area contributed by atoms with Crippen LogP contribution in [0, 0.1) is 19.3 Å². The molecule has 1 rings (SSSR count). The minimum atomic E-state index is -0.572. The number of ether oxygens (including phenoxy) is 2. The number of aliphatic hydroxyl groups excluding tert-OH is 1. The minimum absolute atomic E-state index is 0.220. The van der Waals surface area contributed by atoms with Crippen LogP contribution < -0.4 is 0 Å². The van der Waals surface area contributed by atoms with Crippen molar-refractivity contribution in [2.75, 3.05) is 40.0 Å². The number of aliphatic hydroxyl groups is 1. The van der Waals surface area contributed by atoms with Crippen LogP contribution >= 0.6 is 0 Å². The Morgan fingerprint density at radius 3 is 2.90 bits per heavy atom. The molecule has 0 amide bonds. The van der Waals surface area contributed by atoms with Crippen molar-refractivity contribution in [2.24, 2.45) is 0 Å². The predicted octanol–water partition coefficient (Wildman–Crippen LogP) is 1.44. The lowest BCUT2D eigenvalue weighted by molar-refractivity contribution is 0.0231. The van der Waals surface area contributed by atoms with Crippen molar-refractivity contribution in [2.45, 2.75) is 26.0 Å². The Bertz CT molecular complexity index is 424. The molecule has 118 valence electrons. The van der Waals surface area contributed by atoms with Gasteiger partial charge in [0.25, 0.3) is 0 Å². The van der Waals surface area contributed by atoms with Gasteiger partial charge in [-0.1, -0.05) is 5.92 Å².